The molecule has 154 valence electrons. The number of nitrogens with one attached hydrogen (secondary N) is 1. The molecule has 0 aliphatic rings. The second-order valence-electron chi connectivity index (χ2n) is 6.14. The van der Waals surface area contributed by atoms with Crippen LogP contribution in [0.1, 0.15) is 17.4 Å². The van der Waals surface area contributed by atoms with Gasteiger partial charge in [0, 0.05) is 25.0 Å². The van der Waals surface area contributed by atoms with Gasteiger partial charge in [0.25, 0.3) is 5.91 Å². The molecule has 3 aromatic heterocycles. The van der Waals surface area contributed by atoms with Crippen molar-refractivity contribution >= 4 is 33.2 Å². The van der Waals surface area contributed by atoms with E-state index in [1.807, 2.05) is 13.1 Å². The van der Waals surface area contributed by atoms with Crippen molar-refractivity contribution in [2.24, 2.45) is 0 Å². The first-order valence-electron chi connectivity index (χ1n) is 8.89. The highest BCUT2D eigenvalue weighted by molar-refractivity contribution is 9.10. The first-order chi connectivity index (χ1) is 14.5. The number of aryl methyl sites for hydroxylation is 1. The van der Waals surface area contributed by atoms with Gasteiger partial charge in [0.2, 0.25) is 0 Å². The van der Waals surface area contributed by atoms with E-state index in [0.717, 1.165) is 4.47 Å². The van der Waals surface area contributed by atoms with Crippen molar-refractivity contribution in [3.63, 3.8) is 0 Å². The summed E-state index contributed by atoms with van der Waals surface area (Å²) >= 11 is 3.49. The number of para-hydroxylation sites is 2. The van der Waals surface area contributed by atoms with Gasteiger partial charge in [-0.25, -0.2) is 9.50 Å². The zero-order valence-corrected chi connectivity index (χ0v) is 17.2. The zero-order valence-electron chi connectivity index (χ0n) is 15.6. The molecule has 11 heteroatoms. The third-order valence-electron chi connectivity index (χ3n) is 4.23. The van der Waals surface area contributed by atoms with Crippen molar-refractivity contribution in [2.75, 3.05) is 5.32 Å². The molecular weight excluding hydrogens is 462 g/mol. The van der Waals surface area contributed by atoms with E-state index in [0.29, 0.717) is 23.6 Å². The molecule has 4 aromatic rings. The maximum absolute atomic E-state index is 12.7. The van der Waals surface area contributed by atoms with Crippen molar-refractivity contribution < 1.29 is 18.3 Å². The third kappa shape index (κ3) is 3.88. The average molecular weight is 477 g/mol. The van der Waals surface area contributed by atoms with Gasteiger partial charge >= 0.3 is 6.61 Å². The van der Waals surface area contributed by atoms with Gasteiger partial charge in [-0.1, -0.05) is 12.1 Å². The number of hydrogen-bond acceptors (Lipinski definition) is 5. The van der Waals surface area contributed by atoms with Crippen LogP contribution in [0.4, 0.5) is 14.5 Å². The smallest absolute Gasteiger partial charge is 0.387 e. The largest absolute Gasteiger partial charge is 0.433 e. The van der Waals surface area contributed by atoms with Crippen LogP contribution in [0.3, 0.4) is 0 Å². The molecule has 0 radical (unpaired) electrons. The van der Waals surface area contributed by atoms with Crippen LogP contribution < -0.4 is 10.1 Å². The van der Waals surface area contributed by atoms with Gasteiger partial charge in [-0.05, 0) is 41.1 Å². The number of rotatable bonds is 6. The van der Waals surface area contributed by atoms with Crippen molar-refractivity contribution in [1.82, 2.24) is 24.4 Å². The Hall–Kier alpha value is -3.34. The number of alkyl halides is 2. The number of aromatic nitrogens is 5. The van der Waals surface area contributed by atoms with Crippen LogP contribution in [0.2, 0.25) is 0 Å². The lowest BCUT2D eigenvalue weighted by Crippen LogP contribution is -2.14. The van der Waals surface area contributed by atoms with Crippen molar-refractivity contribution in [1.29, 1.82) is 0 Å². The highest BCUT2D eigenvalue weighted by atomic mass is 79.9. The fourth-order valence-electron chi connectivity index (χ4n) is 2.87. The van der Waals surface area contributed by atoms with E-state index < -0.39 is 12.5 Å². The summed E-state index contributed by atoms with van der Waals surface area (Å²) in [7, 11) is 0. The number of ether oxygens (including phenoxy) is 1. The molecule has 0 aliphatic carbocycles. The van der Waals surface area contributed by atoms with Gasteiger partial charge in [0.05, 0.1) is 15.9 Å². The third-order valence-corrected chi connectivity index (χ3v) is 4.81. The number of halogens is 3. The van der Waals surface area contributed by atoms with E-state index in [2.05, 4.69) is 41.2 Å². The predicted octanol–water partition coefficient (Wildman–Crippen LogP) is 4.23. The maximum atomic E-state index is 12.7. The Kier molecular flexibility index (Phi) is 5.44. The van der Waals surface area contributed by atoms with Crippen LogP contribution in [-0.4, -0.2) is 36.9 Å². The molecule has 0 aliphatic heterocycles. The van der Waals surface area contributed by atoms with Gasteiger partial charge in [-0.15, -0.1) is 0 Å². The molecule has 30 heavy (non-hydrogen) atoms. The number of amides is 1. The van der Waals surface area contributed by atoms with Gasteiger partial charge in [0.1, 0.15) is 11.4 Å². The number of hydrogen-bond donors (Lipinski definition) is 1. The molecule has 1 N–H and O–H groups in total. The van der Waals surface area contributed by atoms with Gasteiger partial charge in [-0.2, -0.15) is 19.0 Å². The minimum Gasteiger partial charge on any atom is -0.433 e. The van der Waals surface area contributed by atoms with Gasteiger partial charge in [0.15, 0.2) is 11.3 Å². The lowest BCUT2D eigenvalue weighted by Gasteiger charge is -2.10. The topological polar surface area (TPSA) is 86.3 Å². The fourth-order valence-corrected chi connectivity index (χ4v) is 3.39. The molecule has 1 aromatic carbocycles. The minimum atomic E-state index is -3.01. The maximum Gasteiger partial charge on any atom is 0.387 e. The van der Waals surface area contributed by atoms with Crippen LogP contribution in [0, 0.1) is 0 Å². The van der Waals surface area contributed by atoms with E-state index in [4.69, 9.17) is 0 Å². The monoisotopic (exact) mass is 476 g/mol. The summed E-state index contributed by atoms with van der Waals surface area (Å²) in [5, 5.41) is 11.4. The molecule has 0 fully saturated rings. The van der Waals surface area contributed by atoms with Gasteiger partial charge < -0.3 is 10.1 Å². The Labute approximate surface area is 177 Å². The predicted molar refractivity (Wildman–Crippen MR) is 109 cm³/mol. The average Bonchev–Trinajstić information content (AvgIpc) is 3.32. The Morgan fingerprint density at radius 2 is 2.07 bits per heavy atom. The summed E-state index contributed by atoms with van der Waals surface area (Å²) < 4.78 is 33.7. The van der Waals surface area contributed by atoms with Crippen molar-refractivity contribution in [2.45, 2.75) is 20.1 Å². The lowest BCUT2D eigenvalue weighted by atomic mass is 10.3. The molecule has 8 nitrogen and oxygen atoms in total. The minimum absolute atomic E-state index is 0.0628. The van der Waals surface area contributed by atoms with Crippen LogP contribution in [0.5, 0.6) is 5.75 Å². The molecule has 0 saturated carbocycles. The summed E-state index contributed by atoms with van der Waals surface area (Å²) in [4.78, 5) is 16.9. The van der Waals surface area contributed by atoms with Crippen molar-refractivity contribution in [3.8, 4) is 17.1 Å². The normalized spacial score (nSPS) is 11.2. The van der Waals surface area contributed by atoms with E-state index in [-0.39, 0.29) is 17.1 Å². The second-order valence-corrected chi connectivity index (χ2v) is 6.99. The molecule has 0 atom stereocenters. The quantitative estimate of drug-likeness (QED) is 0.449. The molecule has 0 bridgehead atoms. The standard InChI is InChI=1S/C19H15BrF2N6O2/c1-2-27-10-11(20)17(26-27)14-7-8-23-16-9-13(25-28(14)16)18(29)24-12-5-3-4-6-15(12)30-19(21)22/h3-10,19H,2H2,1H3,(H,24,29). The van der Waals surface area contributed by atoms with E-state index in [9.17, 15) is 13.6 Å². The Balaban J connectivity index is 1.68. The summed E-state index contributed by atoms with van der Waals surface area (Å²) in [6.07, 6.45) is 3.44. The van der Waals surface area contributed by atoms with E-state index >= 15 is 0 Å². The summed E-state index contributed by atoms with van der Waals surface area (Å²) in [5.74, 6) is -0.729. The first-order valence-corrected chi connectivity index (χ1v) is 9.69. The number of fused-ring (bicyclic) bond motifs is 1. The molecule has 1 amide bonds. The van der Waals surface area contributed by atoms with Crippen LogP contribution in [0.15, 0.2) is 53.3 Å². The second kappa shape index (κ2) is 8.19. The van der Waals surface area contributed by atoms with E-state index in [1.165, 1.54) is 28.8 Å². The lowest BCUT2D eigenvalue weighted by molar-refractivity contribution is -0.0493. The summed E-state index contributed by atoms with van der Waals surface area (Å²) in [5.41, 5.74) is 1.90. The fraction of sp³-hybridized carbons (Fsp3) is 0.158. The molecule has 0 spiro atoms. The van der Waals surface area contributed by atoms with Crippen LogP contribution in [-0.2, 0) is 6.54 Å². The number of carbonyl (C=O) groups excluding carboxylic acids is 1. The molecule has 0 unspecified atom stereocenters. The van der Waals surface area contributed by atoms with Crippen LogP contribution >= 0.6 is 15.9 Å². The highest BCUT2D eigenvalue weighted by Gasteiger charge is 2.19. The Bertz CT molecular complexity index is 1220. The number of nitrogens with zero attached hydrogens (tertiary/aromatic N) is 5. The van der Waals surface area contributed by atoms with Crippen LogP contribution in [0.25, 0.3) is 17.0 Å². The first kappa shape index (κ1) is 20.0. The molecule has 0 saturated heterocycles. The highest BCUT2D eigenvalue weighted by Crippen LogP contribution is 2.28. The summed E-state index contributed by atoms with van der Waals surface area (Å²) in [6, 6.07) is 9.16. The van der Waals surface area contributed by atoms with Gasteiger partial charge in [-0.3, -0.25) is 9.48 Å². The Morgan fingerprint density at radius 3 is 2.80 bits per heavy atom. The van der Waals surface area contributed by atoms with Crippen molar-refractivity contribution in [3.05, 3.63) is 59.0 Å². The Morgan fingerprint density at radius 1 is 1.27 bits per heavy atom. The molecule has 4 rings (SSSR count). The number of benzene rings is 1. The number of anilines is 1. The summed E-state index contributed by atoms with van der Waals surface area (Å²) in [6.45, 7) is -0.344. The molecule has 3 heterocycles. The number of carbonyl (C=O) groups is 1. The van der Waals surface area contributed by atoms with E-state index in [1.54, 1.807) is 23.0 Å². The molecular formula is C19H15BrF2N6O2. The SMILES string of the molecule is CCn1cc(Br)c(-c2ccnc3cc(C(=O)Nc4ccccc4OC(F)F)nn23)n1. The zero-order chi connectivity index (χ0) is 21.3.